The third-order valence-electron chi connectivity index (χ3n) is 5.09. The van der Waals surface area contributed by atoms with Gasteiger partial charge in [0.05, 0.1) is 23.0 Å². The maximum absolute atomic E-state index is 12.8. The fraction of sp³-hybridized carbons (Fsp3) is 0.412. The first-order valence-corrected chi connectivity index (χ1v) is 9.38. The summed E-state index contributed by atoms with van der Waals surface area (Å²) in [6.07, 6.45) is 0. The Morgan fingerprint density at radius 3 is 2.31 bits per heavy atom. The predicted octanol–water partition coefficient (Wildman–Crippen LogP) is 1.11. The van der Waals surface area contributed by atoms with Crippen molar-refractivity contribution in [3.05, 3.63) is 35.4 Å². The van der Waals surface area contributed by atoms with Gasteiger partial charge < -0.3 is 9.64 Å². The standard InChI is InChI=1S/C17H15ClN2O5S/c1-17(7-18)11(16(24)25-2)20-14(23)10(15(20)26-17)19-12(21)8-5-3-4-6-9(8)13(19)22/h3-6,10-11,15H,7H2,1-2H3. The molecule has 1 aromatic carbocycles. The van der Waals surface area contributed by atoms with E-state index in [-0.39, 0.29) is 17.0 Å². The molecule has 0 aromatic heterocycles. The number of hydrogen-bond acceptors (Lipinski definition) is 6. The van der Waals surface area contributed by atoms with Crippen LogP contribution < -0.4 is 0 Å². The normalized spacial score (nSPS) is 32.4. The molecule has 9 heteroatoms. The molecule has 0 saturated carbocycles. The number of amides is 3. The fourth-order valence-electron chi connectivity index (χ4n) is 3.78. The lowest BCUT2D eigenvalue weighted by Crippen LogP contribution is -2.71. The Balaban J connectivity index is 1.68. The van der Waals surface area contributed by atoms with E-state index in [0.717, 1.165) is 4.90 Å². The summed E-state index contributed by atoms with van der Waals surface area (Å²) in [7, 11) is 1.25. The number of hydrogen-bond donors (Lipinski definition) is 0. The van der Waals surface area contributed by atoms with Gasteiger partial charge in [0.15, 0.2) is 0 Å². The molecule has 3 aliphatic rings. The molecule has 1 aromatic rings. The average Bonchev–Trinajstić information content (AvgIpc) is 3.07. The molecule has 0 spiro atoms. The van der Waals surface area contributed by atoms with E-state index in [9.17, 15) is 19.2 Å². The highest BCUT2D eigenvalue weighted by molar-refractivity contribution is 8.01. The number of fused-ring (bicyclic) bond motifs is 2. The number of alkyl halides is 1. The van der Waals surface area contributed by atoms with Gasteiger partial charge in [-0.3, -0.25) is 19.3 Å². The zero-order chi connectivity index (χ0) is 18.8. The molecular formula is C17H15ClN2O5S. The highest BCUT2D eigenvalue weighted by atomic mass is 35.5. The van der Waals surface area contributed by atoms with E-state index in [4.69, 9.17) is 16.3 Å². The molecule has 3 heterocycles. The number of carbonyl (C=O) groups is 4. The highest BCUT2D eigenvalue weighted by Crippen LogP contribution is 2.53. The van der Waals surface area contributed by atoms with Gasteiger partial charge in [0.2, 0.25) is 0 Å². The summed E-state index contributed by atoms with van der Waals surface area (Å²) >= 11 is 7.40. The summed E-state index contributed by atoms with van der Waals surface area (Å²) in [6, 6.07) is 4.69. The van der Waals surface area contributed by atoms with Crippen LogP contribution in [-0.2, 0) is 14.3 Å². The maximum atomic E-state index is 12.8. The highest BCUT2D eigenvalue weighted by Gasteiger charge is 2.68. The Hall–Kier alpha value is -2.06. The van der Waals surface area contributed by atoms with Gasteiger partial charge in [0, 0.05) is 5.88 Å². The second-order valence-electron chi connectivity index (χ2n) is 6.60. The summed E-state index contributed by atoms with van der Waals surface area (Å²) in [6.45, 7) is 1.78. The van der Waals surface area contributed by atoms with Crippen LogP contribution in [0, 0.1) is 0 Å². The molecule has 0 aliphatic carbocycles. The van der Waals surface area contributed by atoms with Crippen molar-refractivity contribution in [1.82, 2.24) is 9.80 Å². The van der Waals surface area contributed by atoms with Gasteiger partial charge in [-0.15, -0.1) is 23.4 Å². The SMILES string of the molecule is COC(=O)C1N2C(=O)C(N3C(=O)c4ccccc4C3=O)C2SC1(C)CCl. The van der Waals surface area contributed by atoms with Crippen molar-refractivity contribution >= 4 is 47.1 Å². The minimum atomic E-state index is -0.940. The largest absolute Gasteiger partial charge is 0.467 e. The minimum Gasteiger partial charge on any atom is -0.467 e. The van der Waals surface area contributed by atoms with E-state index >= 15 is 0 Å². The van der Waals surface area contributed by atoms with Crippen molar-refractivity contribution in [2.75, 3.05) is 13.0 Å². The Bertz CT molecular complexity index is 826. The van der Waals surface area contributed by atoms with Gasteiger partial charge in [0.1, 0.15) is 17.5 Å². The number of ether oxygens (including phenoxy) is 1. The molecule has 0 bridgehead atoms. The van der Waals surface area contributed by atoms with Crippen LogP contribution in [0.15, 0.2) is 24.3 Å². The molecule has 0 radical (unpaired) electrons. The Morgan fingerprint density at radius 1 is 1.23 bits per heavy atom. The van der Waals surface area contributed by atoms with E-state index in [2.05, 4.69) is 0 Å². The Kier molecular flexibility index (Phi) is 3.82. The number of carbonyl (C=O) groups excluding carboxylic acids is 4. The number of nitrogens with zero attached hydrogens (tertiary/aromatic N) is 2. The molecule has 0 N–H and O–H groups in total. The number of halogens is 1. The van der Waals surface area contributed by atoms with Crippen LogP contribution >= 0.6 is 23.4 Å². The first-order valence-electron chi connectivity index (χ1n) is 7.96. The fourth-order valence-corrected chi connectivity index (χ4v) is 5.77. The van der Waals surface area contributed by atoms with Crippen LogP contribution in [0.4, 0.5) is 0 Å². The first kappa shape index (κ1) is 17.4. The van der Waals surface area contributed by atoms with Gasteiger partial charge in [0.25, 0.3) is 17.7 Å². The lowest BCUT2D eigenvalue weighted by molar-refractivity contribution is -0.164. The summed E-state index contributed by atoms with van der Waals surface area (Å²) < 4.78 is 4.07. The molecule has 4 rings (SSSR count). The Labute approximate surface area is 158 Å². The maximum Gasteiger partial charge on any atom is 0.330 e. The molecule has 136 valence electrons. The summed E-state index contributed by atoms with van der Waals surface area (Å²) in [5, 5.41) is -0.516. The van der Waals surface area contributed by atoms with Crippen LogP contribution in [0.25, 0.3) is 0 Å². The van der Waals surface area contributed by atoms with Crippen molar-refractivity contribution in [2.45, 2.75) is 29.1 Å². The average molecular weight is 395 g/mol. The molecule has 2 fully saturated rings. The zero-order valence-electron chi connectivity index (χ0n) is 14.0. The number of thioether (sulfide) groups is 1. The van der Waals surface area contributed by atoms with Crippen molar-refractivity contribution in [2.24, 2.45) is 0 Å². The zero-order valence-corrected chi connectivity index (χ0v) is 15.5. The number of esters is 1. The number of imide groups is 1. The van der Waals surface area contributed by atoms with E-state index < -0.39 is 45.9 Å². The van der Waals surface area contributed by atoms with Crippen LogP contribution in [0.1, 0.15) is 27.6 Å². The van der Waals surface area contributed by atoms with Crippen molar-refractivity contribution in [3.8, 4) is 0 Å². The first-order chi connectivity index (χ1) is 12.4. The quantitative estimate of drug-likeness (QED) is 0.330. The number of rotatable bonds is 3. The second-order valence-corrected chi connectivity index (χ2v) is 8.52. The molecule has 26 heavy (non-hydrogen) atoms. The summed E-state index contributed by atoms with van der Waals surface area (Å²) in [4.78, 5) is 52.8. The topological polar surface area (TPSA) is 84.0 Å². The van der Waals surface area contributed by atoms with Gasteiger partial charge >= 0.3 is 5.97 Å². The summed E-state index contributed by atoms with van der Waals surface area (Å²) in [5.41, 5.74) is 0.577. The van der Waals surface area contributed by atoms with Gasteiger partial charge in [-0.05, 0) is 19.1 Å². The van der Waals surface area contributed by atoms with Gasteiger partial charge in [-0.1, -0.05) is 12.1 Å². The van der Waals surface area contributed by atoms with Crippen molar-refractivity contribution in [1.29, 1.82) is 0 Å². The molecule has 2 saturated heterocycles. The monoisotopic (exact) mass is 394 g/mol. The van der Waals surface area contributed by atoms with Gasteiger partial charge in [-0.2, -0.15) is 0 Å². The molecule has 3 aliphatic heterocycles. The number of benzene rings is 1. The summed E-state index contributed by atoms with van der Waals surface area (Å²) in [5.74, 6) is -1.86. The van der Waals surface area contributed by atoms with Crippen LogP contribution in [0.5, 0.6) is 0 Å². The number of β-lactam (4-membered cyclic amide) rings is 1. The molecule has 4 unspecified atom stereocenters. The van der Waals surface area contributed by atoms with Crippen molar-refractivity contribution < 1.29 is 23.9 Å². The Morgan fingerprint density at radius 2 is 1.81 bits per heavy atom. The molecular weight excluding hydrogens is 380 g/mol. The van der Waals surface area contributed by atoms with E-state index in [0.29, 0.717) is 0 Å². The van der Waals surface area contributed by atoms with E-state index in [1.54, 1.807) is 31.2 Å². The molecule has 4 atom stereocenters. The molecule has 7 nitrogen and oxygen atoms in total. The van der Waals surface area contributed by atoms with E-state index in [1.807, 2.05) is 0 Å². The van der Waals surface area contributed by atoms with Gasteiger partial charge in [-0.25, -0.2) is 4.79 Å². The third kappa shape index (κ3) is 2.02. The third-order valence-corrected chi connectivity index (χ3v) is 7.44. The minimum absolute atomic E-state index is 0.118. The predicted molar refractivity (Wildman–Crippen MR) is 93.9 cm³/mol. The molecule has 3 amide bonds. The lowest BCUT2D eigenvalue weighted by Gasteiger charge is -2.46. The van der Waals surface area contributed by atoms with Crippen LogP contribution in [0.3, 0.4) is 0 Å². The lowest BCUT2D eigenvalue weighted by atomic mass is 9.95. The van der Waals surface area contributed by atoms with Crippen LogP contribution in [0.2, 0.25) is 0 Å². The number of methoxy groups -OCH3 is 1. The smallest absolute Gasteiger partial charge is 0.330 e. The van der Waals surface area contributed by atoms with Crippen molar-refractivity contribution in [3.63, 3.8) is 0 Å². The van der Waals surface area contributed by atoms with E-state index in [1.165, 1.54) is 23.8 Å². The van der Waals surface area contributed by atoms with Crippen LogP contribution in [-0.4, -0.2) is 68.7 Å². The second kappa shape index (κ2) is 5.72.